The van der Waals surface area contributed by atoms with Crippen molar-refractivity contribution >= 4 is 15.6 Å². The van der Waals surface area contributed by atoms with Gasteiger partial charge < -0.3 is 4.74 Å². The van der Waals surface area contributed by atoms with Gasteiger partial charge in [-0.2, -0.15) is 0 Å². The minimum Gasteiger partial charge on any atom is -0.494 e. The molecule has 1 saturated heterocycles. The number of ketones is 1. The lowest BCUT2D eigenvalue weighted by atomic mass is 10.1. The molecule has 0 aromatic heterocycles. The van der Waals surface area contributed by atoms with E-state index in [1.54, 1.807) is 24.3 Å². The van der Waals surface area contributed by atoms with E-state index < -0.39 is 9.84 Å². The van der Waals surface area contributed by atoms with Crippen LogP contribution in [0.2, 0.25) is 0 Å². The SMILES string of the molecule is CCOc1ccc(C(=O)CN2CCS(=O)(=O)CC2)cc1. The molecule has 0 saturated carbocycles. The molecule has 2 rings (SSSR count). The van der Waals surface area contributed by atoms with E-state index in [0.29, 0.717) is 25.3 Å². The summed E-state index contributed by atoms with van der Waals surface area (Å²) in [6.07, 6.45) is 0. The predicted molar refractivity (Wildman–Crippen MR) is 77.0 cm³/mol. The van der Waals surface area contributed by atoms with Gasteiger partial charge in [0.2, 0.25) is 0 Å². The molecule has 1 aromatic carbocycles. The van der Waals surface area contributed by atoms with E-state index >= 15 is 0 Å². The van der Waals surface area contributed by atoms with Crippen LogP contribution in [0.3, 0.4) is 0 Å². The Morgan fingerprint density at radius 2 is 1.80 bits per heavy atom. The van der Waals surface area contributed by atoms with Crippen LogP contribution in [0.5, 0.6) is 5.75 Å². The van der Waals surface area contributed by atoms with E-state index in [2.05, 4.69) is 0 Å². The molecular formula is C14H19NO4S. The zero-order chi connectivity index (χ0) is 14.6. The fraction of sp³-hybridized carbons (Fsp3) is 0.500. The van der Waals surface area contributed by atoms with Gasteiger partial charge in [0.1, 0.15) is 5.75 Å². The largest absolute Gasteiger partial charge is 0.494 e. The number of hydrogen-bond acceptors (Lipinski definition) is 5. The van der Waals surface area contributed by atoms with E-state index in [0.717, 1.165) is 5.75 Å². The molecule has 0 amide bonds. The Morgan fingerprint density at radius 1 is 1.20 bits per heavy atom. The molecule has 110 valence electrons. The van der Waals surface area contributed by atoms with Gasteiger partial charge in [0, 0.05) is 18.7 Å². The van der Waals surface area contributed by atoms with Crippen molar-refractivity contribution in [3.05, 3.63) is 29.8 Å². The first-order chi connectivity index (χ1) is 9.50. The highest BCUT2D eigenvalue weighted by Gasteiger charge is 2.23. The van der Waals surface area contributed by atoms with Crippen LogP contribution in [0.4, 0.5) is 0 Å². The molecule has 0 N–H and O–H groups in total. The quantitative estimate of drug-likeness (QED) is 0.759. The highest BCUT2D eigenvalue weighted by molar-refractivity contribution is 7.91. The number of hydrogen-bond donors (Lipinski definition) is 0. The van der Waals surface area contributed by atoms with E-state index in [9.17, 15) is 13.2 Å². The summed E-state index contributed by atoms with van der Waals surface area (Å²) in [6.45, 7) is 3.64. The van der Waals surface area contributed by atoms with Crippen LogP contribution in [0, 0.1) is 0 Å². The molecule has 1 aromatic rings. The van der Waals surface area contributed by atoms with Crippen molar-refractivity contribution in [1.29, 1.82) is 0 Å². The van der Waals surface area contributed by atoms with Gasteiger partial charge in [0.25, 0.3) is 0 Å². The molecule has 1 aliphatic heterocycles. The number of carbonyl (C=O) groups excluding carboxylic acids is 1. The van der Waals surface area contributed by atoms with E-state index in [4.69, 9.17) is 4.74 Å². The van der Waals surface area contributed by atoms with Gasteiger partial charge in [-0.3, -0.25) is 9.69 Å². The van der Waals surface area contributed by atoms with Gasteiger partial charge in [-0.05, 0) is 31.2 Å². The standard InChI is InChI=1S/C14H19NO4S/c1-2-19-13-5-3-12(4-6-13)14(16)11-15-7-9-20(17,18)10-8-15/h3-6H,2,7-11H2,1H3. The van der Waals surface area contributed by atoms with Crippen molar-refractivity contribution < 1.29 is 17.9 Å². The Labute approximate surface area is 119 Å². The molecule has 0 radical (unpaired) electrons. The maximum atomic E-state index is 12.1. The van der Waals surface area contributed by atoms with Gasteiger partial charge >= 0.3 is 0 Å². The highest BCUT2D eigenvalue weighted by Crippen LogP contribution is 2.13. The number of rotatable bonds is 5. The van der Waals surface area contributed by atoms with Crippen LogP contribution >= 0.6 is 0 Å². The molecule has 0 unspecified atom stereocenters. The summed E-state index contributed by atoms with van der Waals surface area (Å²) in [7, 11) is -2.90. The van der Waals surface area contributed by atoms with E-state index in [1.807, 2.05) is 11.8 Å². The van der Waals surface area contributed by atoms with Crippen LogP contribution in [0.15, 0.2) is 24.3 Å². The number of sulfone groups is 1. The lowest BCUT2D eigenvalue weighted by molar-refractivity contribution is 0.0936. The maximum absolute atomic E-state index is 12.1. The Hall–Kier alpha value is -1.40. The molecule has 1 heterocycles. The predicted octanol–water partition coefficient (Wildman–Crippen LogP) is 0.998. The molecule has 0 bridgehead atoms. The smallest absolute Gasteiger partial charge is 0.176 e. The number of nitrogens with zero attached hydrogens (tertiary/aromatic N) is 1. The Balaban J connectivity index is 1.91. The lowest BCUT2D eigenvalue weighted by Gasteiger charge is -2.25. The molecule has 1 fully saturated rings. The number of ether oxygens (including phenoxy) is 1. The minimum absolute atomic E-state index is 0.00680. The summed E-state index contributed by atoms with van der Waals surface area (Å²) in [5.41, 5.74) is 0.627. The molecule has 20 heavy (non-hydrogen) atoms. The lowest BCUT2D eigenvalue weighted by Crippen LogP contribution is -2.42. The second kappa shape index (κ2) is 6.37. The van der Waals surface area contributed by atoms with Crippen molar-refractivity contribution in [2.45, 2.75) is 6.92 Å². The van der Waals surface area contributed by atoms with Crippen molar-refractivity contribution in [1.82, 2.24) is 4.90 Å². The van der Waals surface area contributed by atoms with Crippen molar-refractivity contribution in [2.24, 2.45) is 0 Å². The first kappa shape index (κ1) is 15.0. The molecule has 0 spiro atoms. The summed E-state index contributed by atoms with van der Waals surface area (Å²) >= 11 is 0. The average Bonchev–Trinajstić information content (AvgIpc) is 2.42. The fourth-order valence-electron chi connectivity index (χ4n) is 2.11. The van der Waals surface area contributed by atoms with Crippen molar-refractivity contribution in [2.75, 3.05) is 37.7 Å². The average molecular weight is 297 g/mol. The van der Waals surface area contributed by atoms with Gasteiger partial charge in [-0.15, -0.1) is 0 Å². The number of benzene rings is 1. The first-order valence-electron chi connectivity index (χ1n) is 6.69. The molecule has 0 atom stereocenters. The molecule has 0 aliphatic carbocycles. The van der Waals surface area contributed by atoms with Gasteiger partial charge in [-0.1, -0.05) is 0 Å². The van der Waals surface area contributed by atoms with Gasteiger partial charge in [-0.25, -0.2) is 8.42 Å². The van der Waals surface area contributed by atoms with Gasteiger partial charge in [0.05, 0.1) is 24.7 Å². The van der Waals surface area contributed by atoms with Crippen molar-refractivity contribution in [3.8, 4) is 5.75 Å². The normalized spacial score (nSPS) is 18.6. The Bertz CT molecular complexity index is 551. The summed E-state index contributed by atoms with van der Waals surface area (Å²) in [4.78, 5) is 14.0. The third-order valence-electron chi connectivity index (χ3n) is 3.29. The summed E-state index contributed by atoms with van der Waals surface area (Å²) < 4.78 is 28.0. The second-order valence-electron chi connectivity index (χ2n) is 4.81. The molecule has 1 aliphatic rings. The molecule has 5 nitrogen and oxygen atoms in total. The third kappa shape index (κ3) is 4.05. The van der Waals surface area contributed by atoms with Gasteiger partial charge in [0.15, 0.2) is 15.6 Å². The first-order valence-corrected chi connectivity index (χ1v) is 8.51. The van der Waals surface area contributed by atoms with Crippen LogP contribution in [-0.2, 0) is 9.84 Å². The highest BCUT2D eigenvalue weighted by atomic mass is 32.2. The minimum atomic E-state index is -2.90. The van der Waals surface area contributed by atoms with E-state index in [-0.39, 0.29) is 23.8 Å². The topological polar surface area (TPSA) is 63.7 Å². The summed E-state index contributed by atoms with van der Waals surface area (Å²) in [5.74, 6) is 1.04. The third-order valence-corrected chi connectivity index (χ3v) is 4.90. The molecular weight excluding hydrogens is 278 g/mol. The summed E-state index contributed by atoms with van der Waals surface area (Å²) in [6, 6.07) is 7.04. The van der Waals surface area contributed by atoms with Crippen molar-refractivity contribution in [3.63, 3.8) is 0 Å². The van der Waals surface area contributed by atoms with E-state index in [1.165, 1.54) is 0 Å². The van der Waals surface area contributed by atoms with Crippen LogP contribution in [-0.4, -0.2) is 56.8 Å². The van der Waals surface area contributed by atoms with Crippen LogP contribution < -0.4 is 4.74 Å². The Morgan fingerprint density at radius 3 is 2.35 bits per heavy atom. The second-order valence-corrected chi connectivity index (χ2v) is 7.11. The zero-order valence-corrected chi connectivity index (χ0v) is 12.4. The molecule has 6 heteroatoms. The monoisotopic (exact) mass is 297 g/mol. The van der Waals surface area contributed by atoms with Crippen LogP contribution in [0.25, 0.3) is 0 Å². The number of Topliss-reactive ketones (excluding diaryl/α,β-unsaturated/α-hetero) is 1. The Kier molecular flexibility index (Phi) is 4.77. The maximum Gasteiger partial charge on any atom is 0.176 e. The fourth-order valence-corrected chi connectivity index (χ4v) is 3.38. The summed E-state index contributed by atoms with van der Waals surface area (Å²) in [5, 5.41) is 0. The van der Waals surface area contributed by atoms with Crippen LogP contribution in [0.1, 0.15) is 17.3 Å². The zero-order valence-electron chi connectivity index (χ0n) is 11.5. The number of carbonyl (C=O) groups is 1.